The van der Waals surface area contributed by atoms with Crippen LogP contribution in [0.15, 0.2) is 88.5 Å². The lowest BCUT2D eigenvalue weighted by molar-refractivity contribution is 0.601. The van der Waals surface area contributed by atoms with Gasteiger partial charge in [0.2, 0.25) is 0 Å². The van der Waals surface area contributed by atoms with Crippen LogP contribution in [0.1, 0.15) is 5.56 Å². The second kappa shape index (κ2) is 7.17. The normalized spacial score (nSPS) is 11.6. The van der Waals surface area contributed by atoms with Crippen LogP contribution in [0.2, 0.25) is 0 Å². The predicted molar refractivity (Wildman–Crippen MR) is 110 cm³/mol. The quantitative estimate of drug-likeness (QED) is 0.490. The topological polar surface area (TPSA) is 64.0 Å². The standard InChI is InChI=1S/C20H16BrN3O2S/c21-18-8-5-15(6-9-18)13-24-14-19(12-22-24)23-27(25,26)20-10-7-16-3-1-2-4-17(16)11-20/h1-12,14,23H,13H2. The molecule has 4 rings (SSSR count). The highest BCUT2D eigenvalue weighted by molar-refractivity contribution is 9.10. The Kier molecular flexibility index (Phi) is 4.72. The minimum atomic E-state index is -3.68. The van der Waals surface area contributed by atoms with Gasteiger partial charge in [0.15, 0.2) is 0 Å². The molecule has 0 spiro atoms. The van der Waals surface area contributed by atoms with Crippen molar-refractivity contribution in [1.29, 1.82) is 0 Å². The van der Waals surface area contributed by atoms with Gasteiger partial charge in [-0.2, -0.15) is 5.10 Å². The Hall–Kier alpha value is -2.64. The number of hydrogen-bond acceptors (Lipinski definition) is 3. The van der Waals surface area contributed by atoms with Gasteiger partial charge in [-0.15, -0.1) is 0 Å². The van der Waals surface area contributed by atoms with E-state index < -0.39 is 10.0 Å². The van der Waals surface area contributed by atoms with Crippen molar-refractivity contribution in [1.82, 2.24) is 9.78 Å². The van der Waals surface area contributed by atoms with Gasteiger partial charge in [0.25, 0.3) is 10.0 Å². The molecule has 0 amide bonds. The van der Waals surface area contributed by atoms with Crippen molar-refractivity contribution in [3.8, 4) is 0 Å². The lowest BCUT2D eigenvalue weighted by atomic mass is 10.1. The summed E-state index contributed by atoms with van der Waals surface area (Å²) in [6, 6.07) is 20.6. The summed E-state index contributed by atoms with van der Waals surface area (Å²) in [4.78, 5) is 0.224. The van der Waals surface area contributed by atoms with Crippen LogP contribution >= 0.6 is 15.9 Å². The van der Waals surface area contributed by atoms with Crippen LogP contribution in [-0.4, -0.2) is 18.2 Å². The van der Waals surface area contributed by atoms with Crippen LogP contribution in [0.3, 0.4) is 0 Å². The molecule has 5 nitrogen and oxygen atoms in total. The Morgan fingerprint density at radius 1 is 0.963 bits per heavy atom. The van der Waals surface area contributed by atoms with Gasteiger partial charge in [0.05, 0.1) is 23.3 Å². The van der Waals surface area contributed by atoms with Gasteiger partial charge in [0, 0.05) is 10.7 Å². The van der Waals surface area contributed by atoms with Gasteiger partial charge >= 0.3 is 0 Å². The summed E-state index contributed by atoms with van der Waals surface area (Å²) in [6.07, 6.45) is 3.19. The van der Waals surface area contributed by atoms with Crippen molar-refractivity contribution in [2.24, 2.45) is 0 Å². The second-order valence-corrected chi connectivity index (χ2v) is 8.77. The van der Waals surface area contributed by atoms with Gasteiger partial charge in [-0.05, 0) is 40.6 Å². The van der Waals surface area contributed by atoms with Gasteiger partial charge in [0.1, 0.15) is 0 Å². The van der Waals surface area contributed by atoms with E-state index in [1.165, 1.54) is 6.20 Å². The molecule has 0 atom stereocenters. The van der Waals surface area contributed by atoms with Crippen molar-refractivity contribution < 1.29 is 8.42 Å². The lowest BCUT2D eigenvalue weighted by Crippen LogP contribution is -2.12. The average Bonchev–Trinajstić information content (AvgIpc) is 3.09. The molecule has 0 aliphatic rings. The number of rotatable bonds is 5. The fourth-order valence-corrected chi connectivity index (χ4v) is 4.16. The fourth-order valence-electron chi connectivity index (χ4n) is 2.83. The SMILES string of the molecule is O=S(=O)(Nc1cnn(Cc2ccc(Br)cc2)c1)c1ccc2ccccc2c1. The molecule has 0 fully saturated rings. The molecule has 0 saturated heterocycles. The predicted octanol–water partition coefficient (Wildman–Crippen LogP) is 4.65. The zero-order valence-corrected chi connectivity index (χ0v) is 16.6. The maximum absolute atomic E-state index is 12.7. The van der Waals surface area contributed by atoms with E-state index in [9.17, 15) is 8.42 Å². The summed E-state index contributed by atoms with van der Waals surface area (Å²) in [5, 5.41) is 6.12. The number of anilines is 1. The zero-order chi connectivity index (χ0) is 18.9. The molecular formula is C20H16BrN3O2S. The van der Waals surface area contributed by atoms with Crippen LogP contribution in [-0.2, 0) is 16.6 Å². The molecule has 0 bridgehead atoms. The third-order valence-electron chi connectivity index (χ3n) is 4.17. The summed E-state index contributed by atoms with van der Waals surface area (Å²) >= 11 is 3.41. The van der Waals surface area contributed by atoms with Crippen LogP contribution in [0.25, 0.3) is 10.8 Å². The number of fused-ring (bicyclic) bond motifs is 1. The Morgan fingerprint density at radius 3 is 2.48 bits per heavy atom. The van der Waals surface area contributed by atoms with E-state index in [1.54, 1.807) is 29.1 Å². The summed E-state index contributed by atoms with van der Waals surface area (Å²) < 4.78 is 30.7. The third kappa shape index (κ3) is 4.04. The lowest BCUT2D eigenvalue weighted by Gasteiger charge is -2.07. The van der Waals surface area contributed by atoms with Crippen LogP contribution in [0.4, 0.5) is 5.69 Å². The minimum Gasteiger partial charge on any atom is -0.276 e. The number of benzene rings is 3. The van der Waals surface area contributed by atoms with Gasteiger partial charge in [-0.1, -0.05) is 58.4 Å². The monoisotopic (exact) mass is 441 g/mol. The molecule has 1 heterocycles. The van der Waals surface area contributed by atoms with Crippen molar-refractivity contribution in [3.63, 3.8) is 0 Å². The summed E-state index contributed by atoms with van der Waals surface area (Å²) in [6.45, 7) is 0.560. The molecule has 1 aromatic heterocycles. The molecule has 0 radical (unpaired) electrons. The van der Waals surface area contributed by atoms with E-state index in [-0.39, 0.29) is 4.90 Å². The Balaban J connectivity index is 1.53. The van der Waals surface area contributed by atoms with Gasteiger partial charge in [-0.3, -0.25) is 9.40 Å². The number of nitrogens with zero attached hydrogens (tertiary/aromatic N) is 2. The van der Waals surface area contributed by atoms with E-state index in [1.807, 2.05) is 48.5 Å². The zero-order valence-electron chi connectivity index (χ0n) is 14.2. The van der Waals surface area contributed by atoms with Crippen molar-refractivity contribution in [2.45, 2.75) is 11.4 Å². The van der Waals surface area contributed by atoms with Gasteiger partial charge in [-0.25, -0.2) is 8.42 Å². The smallest absolute Gasteiger partial charge is 0.262 e. The summed E-state index contributed by atoms with van der Waals surface area (Å²) in [7, 11) is -3.68. The van der Waals surface area contributed by atoms with E-state index in [2.05, 4.69) is 25.8 Å². The van der Waals surface area contributed by atoms with Crippen molar-refractivity contribution >= 4 is 42.4 Å². The third-order valence-corrected chi connectivity index (χ3v) is 6.08. The molecule has 0 saturated carbocycles. The second-order valence-electron chi connectivity index (χ2n) is 6.17. The van der Waals surface area contributed by atoms with Crippen LogP contribution < -0.4 is 4.72 Å². The Bertz CT molecular complexity index is 1200. The maximum Gasteiger partial charge on any atom is 0.262 e. The Morgan fingerprint density at radius 2 is 1.70 bits per heavy atom. The van der Waals surface area contributed by atoms with Crippen LogP contribution in [0, 0.1) is 0 Å². The first-order chi connectivity index (χ1) is 13.0. The highest BCUT2D eigenvalue weighted by atomic mass is 79.9. The van der Waals surface area contributed by atoms with E-state index in [4.69, 9.17) is 0 Å². The molecular weight excluding hydrogens is 426 g/mol. The molecule has 0 unspecified atom stereocenters. The molecule has 7 heteroatoms. The van der Waals surface area contributed by atoms with Gasteiger partial charge < -0.3 is 0 Å². The number of sulfonamides is 1. The van der Waals surface area contributed by atoms with Crippen molar-refractivity contribution in [3.05, 3.63) is 89.2 Å². The summed E-state index contributed by atoms with van der Waals surface area (Å²) in [5.74, 6) is 0. The molecule has 136 valence electrons. The molecule has 27 heavy (non-hydrogen) atoms. The largest absolute Gasteiger partial charge is 0.276 e. The molecule has 4 aromatic rings. The number of nitrogens with one attached hydrogen (secondary N) is 1. The van der Waals surface area contributed by atoms with E-state index in [0.717, 1.165) is 20.8 Å². The highest BCUT2D eigenvalue weighted by Crippen LogP contribution is 2.21. The minimum absolute atomic E-state index is 0.224. The van der Waals surface area contributed by atoms with E-state index >= 15 is 0 Å². The molecule has 0 aliphatic heterocycles. The Labute approximate surface area is 165 Å². The molecule has 1 N–H and O–H groups in total. The van der Waals surface area contributed by atoms with E-state index in [0.29, 0.717) is 12.2 Å². The number of hydrogen-bond donors (Lipinski definition) is 1. The summed E-state index contributed by atoms with van der Waals surface area (Å²) in [5.41, 5.74) is 1.51. The fraction of sp³-hybridized carbons (Fsp3) is 0.0500. The molecule has 0 aliphatic carbocycles. The average molecular weight is 442 g/mol. The van der Waals surface area contributed by atoms with Crippen LogP contribution in [0.5, 0.6) is 0 Å². The first kappa shape index (κ1) is 17.8. The molecule has 3 aromatic carbocycles. The number of aromatic nitrogens is 2. The van der Waals surface area contributed by atoms with Crippen molar-refractivity contribution in [2.75, 3.05) is 4.72 Å². The first-order valence-corrected chi connectivity index (χ1v) is 10.6. The maximum atomic E-state index is 12.7. The highest BCUT2D eigenvalue weighted by Gasteiger charge is 2.15. The number of halogens is 1. The first-order valence-electron chi connectivity index (χ1n) is 8.28.